The first-order valence-electron chi connectivity index (χ1n) is 6.15. The Kier molecular flexibility index (Phi) is 4.07. The van der Waals surface area contributed by atoms with Crippen LogP contribution >= 0.6 is 0 Å². The summed E-state index contributed by atoms with van der Waals surface area (Å²) >= 11 is 0. The van der Waals surface area contributed by atoms with E-state index in [1.165, 1.54) is 5.56 Å². The number of nitrogens with zero attached hydrogens (tertiary/aromatic N) is 3. The van der Waals surface area contributed by atoms with Crippen LogP contribution in [0.15, 0.2) is 42.9 Å². The van der Waals surface area contributed by atoms with E-state index in [1.807, 2.05) is 18.2 Å². The third kappa shape index (κ3) is 3.28. The van der Waals surface area contributed by atoms with Gasteiger partial charge in [-0.1, -0.05) is 0 Å². The van der Waals surface area contributed by atoms with E-state index in [2.05, 4.69) is 21.8 Å². The number of hydrogen-bond acceptors (Lipinski definition) is 4. The second-order valence-electron chi connectivity index (χ2n) is 4.18. The van der Waals surface area contributed by atoms with Gasteiger partial charge in [0.15, 0.2) is 0 Å². The minimum Gasteiger partial charge on any atom is -0.382 e. The lowest BCUT2D eigenvalue weighted by Gasteiger charge is -2.22. The first-order valence-corrected chi connectivity index (χ1v) is 6.15. The summed E-state index contributed by atoms with van der Waals surface area (Å²) in [5.41, 5.74) is 8.12. The molecule has 98 valence electrons. The van der Waals surface area contributed by atoms with Crippen LogP contribution in [0, 0.1) is 5.41 Å². The number of amidine groups is 1. The van der Waals surface area contributed by atoms with Gasteiger partial charge in [0, 0.05) is 25.5 Å². The van der Waals surface area contributed by atoms with Crippen molar-refractivity contribution < 1.29 is 0 Å². The summed E-state index contributed by atoms with van der Waals surface area (Å²) in [5, 5.41) is 7.33. The number of nitrogens with two attached hydrogens (primary N) is 1. The SMILES string of the molecule is CCN(Cc1ccncc1)c1ccc(C(=N)N)nc1. The van der Waals surface area contributed by atoms with Crippen LogP contribution in [0.25, 0.3) is 0 Å². The van der Waals surface area contributed by atoms with Gasteiger partial charge in [0.25, 0.3) is 0 Å². The predicted molar refractivity (Wildman–Crippen MR) is 76.2 cm³/mol. The molecule has 0 amide bonds. The molecule has 0 fully saturated rings. The molecule has 0 aliphatic carbocycles. The predicted octanol–water partition coefficient (Wildman–Crippen LogP) is 1.79. The number of aromatic nitrogens is 2. The number of nitrogen functional groups attached to an aromatic ring is 1. The van der Waals surface area contributed by atoms with Gasteiger partial charge in [-0.3, -0.25) is 15.4 Å². The standard InChI is InChI=1S/C14H17N5/c1-2-19(10-11-5-7-17-8-6-11)12-3-4-13(14(15)16)18-9-12/h3-9H,2,10H2,1H3,(H3,15,16). The zero-order valence-corrected chi connectivity index (χ0v) is 10.9. The van der Waals surface area contributed by atoms with Crippen molar-refractivity contribution in [3.63, 3.8) is 0 Å². The van der Waals surface area contributed by atoms with Gasteiger partial charge in [0.1, 0.15) is 11.5 Å². The van der Waals surface area contributed by atoms with Crippen LogP contribution in [0.2, 0.25) is 0 Å². The van der Waals surface area contributed by atoms with Crippen LogP contribution in [-0.4, -0.2) is 22.3 Å². The highest BCUT2D eigenvalue weighted by Gasteiger charge is 2.06. The molecule has 5 nitrogen and oxygen atoms in total. The lowest BCUT2D eigenvalue weighted by atomic mass is 10.2. The molecular weight excluding hydrogens is 238 g/mol. The van der Waals surface area contributed by atoms with E-state index in [4.69, 9.17) is 11.1 Å². The Hall–Kier alpha value is -2.43. The second-order valence-corrected chi connectivity index (χ2v) is 4.18. The minimum atomic E-state index is -0.0104. The summed E-state index contributed by atoms with van der Waals surface area (Å²) in [4.78, 5) is 10.4. The molecule has 0 radical (unpaired) electrons. The van der Waals surface area contributed by atoms with Gasteiger partial charge in [-0.2, -0.15) is 0 Å². The van der Waals surface area contributed by atoms with E-state index in [-0.39, 0.29) is 5.84 Å². The molecule has 0 aromatic carbocycles. The normalized spacial score (nSPS) is 10.2. The average molecular weight is 255 g/mol. The quantitative estimate of drug-likeness (QED) is 0.630. The summed E-state index contributed by atoms with van der Waals surface area (Å²) in [6, 6.07) is 7.71. The van der Waals surface area contributed by atoms with Crippen molar-refractivity contribution in [3.8, 4) is 0 Å². The molecule has 0 atom stereocenters. The van der Waals surface area contributed by atoms with E-state index >= 15 is 0 Å². The van der Waals surface area contributed by atoms with Crippen LogP contribution < -0.4 is 10.6 Å². The van der Waals surface area contributed by atoms with Crippen LogP contribution in [0.1, 0.15) is 18.2 Å². The van der Waals surface area contributed by atoms with Gasteiger partial charge in [-0.15, -0.1) is 0 Å². The number of anilines is 1. The zero-order chi connectivity index (χ0) is 13.7. The maximum Gasteiger partial charge on any atom is 0.141 e. The van der Waals surface area contributed by atoms with E-state index in [0.717, 1.165) is 18.8 Å². The molecule has 0 saturated carbocycles. The van der Waals surface area contributed by atoms with Crippen LogP contribution in [-0.2, 0) is 6.54 Å². The molecule has 0 saturated heterocycles. The summed E-state index contributed by atoms with van der Waals surface area (Å²) < 4.78 is 0. The molecule has 19 heavy (non-hydrogen) atoms. The first-order chi connectivity index (χ1) is 9.20. The molecule has 3 N–H and O–H groups in total. The van der Waals surface area contributed by atoms with Crippen LogP contribution in [0.5, 0.6) is 0 Å². The van der Waals surface area contributed by atoms with E-state index in [1.54, 1.807) is 24.7 Å². The fourth-order valence-electron chi connectivity index (χ4n) is 1.83. The molecule has 0 spiro atoms. The zero-order valence-electron chi connectivity index (χ0n) is 10.9. The molecule has 0 bridgehead atoms. The third-order valence-electron chi connectivity index (χ3n) is 2.89. The molecular formula is C14H17N5. The summed E-state index contributed by atoms with van der Waals surface area (Å²) in [7, 11) is 0. The maximum atomic E-state index is 7.33. The number of nitrogens with one attached hydrogen (secondary N) is 1. The van der Waals surface area contributed by atoms with E-state index < -0.39 is 0 Å². The van der Waals surface area contributed by atoms with Gasteiger partial charge in [-0.25, -0.2) is 0 Å². The Bertz CT molecular complexity index is 536. The van der Waals surface area contributed by atoms with Gasteiger partial charge >= 0.3 is 0 Å². The van der Waals surface area contributed by atoms with Crippen molar-refractivity contribution in [1.82, 2.24) is 9.97 Å². The Morgan fingerprint density at radius 1 is 1.26 bits per heavy atom. The topological polar surface area (TPSA) is 78.9 Å². The van der Waals surface area contributed by atoms with Crippen molar-refractivity contribution in [2.75, 3.05) is 11.4 Å². The van der Waals surface area contributed by atoms with Crippen molar-refractivity contribution >= 4 is 11.5 Å². The van der Waals surface area contributed by atoms with Crippen LogP contribution in [0.3, 0.4) is 0 Å². The third-order valence-corrected chi connectivity index (χ3v) is 2.89. The van der Waals surface area contributed by atoms with E-state index in [0.29, 0.717) is 5.69 Å². The van der Waals surface area contributed by atoms with Gasteiger partial charge in [0.05, 0.1) is 11.9 Å². The lowest BCUT2D eigenvalue weighted by Crippen LogP contribution is -2.22. The highest BCUT2D eigenvalue weighted by atomic mass is 15.1. The summed E-state index contributed by atoms with van der Waals surface area (Å²) in [6.45, 7) is 3.78. The Balaban J connectivity index is 2.15. The van der Waals surface area contributed by atoms with E-state index in [9.17, 15) is 0 Å². The fraction of sp³-hybridized carbons (Fsp3) is 0.214. The summed E-state index contributed by atoms with van der Waals surface area (Å²) in [5.74, 6) is -0.0104. The first kappa shape index (κ1) is 13.0. The molecule has 0 aliphatic rings. The van der Waals surface area contributed by atoms with Gasteiger partial charge in [-0.05, 0) is 36.8 Å². The van der Waals surface area contributed by atoms with Gasteiger partial charge < -0.3 is 10.6 Å². The molecule has 5 heteroatoms. The monoisotopic (exact) mass is 255 g/mol. The van der Waals surface area contributed by atoms with Crippen LogP contribution in [0.4, 0.5) is 5.69 Å². The number of hydrogen-bond donors (Lipinski definition) is 2. The maximum absolute atomic E-state index is 7.33. The Labute approximate surface area is 112 Å². The van der Waals surface area contributed by atoms with Gasteiger partial charge in [0.2, 0.25) is 0 Å². The highest BCUT2D eigenvalue weighted by Crippen LogP contribution is 2.15. The fourth-order valence-corrected chi connectivity index (χ4v) is 1.83. The van der Waals surface area contributed by atoms with Crippen molar-refractivity contribution in [2.24, 2.45) is 5.73 Å². The molecule has 2 aromatic rings. The average Bonchev–Trinajstić information content (AvgIpc) is 2.46. The minimum absolute atomic E-state index is 0.0104. The largest absolute Gasteiger partial charge is 0.382 e. The molecule has 2 rings (SSSR count). The Morgan fingerprint density at radius 2 is 2.00 bits per heavy atom. The number of pyridine rings is 2. The summed E-state index contributed by atoms with van der Waals surface area (Å²) in [6.07, 6.45) is 5.34. The molecule has 2 aromatic heterocycles. The van der Waals surface area contributed by atoms with Crippen molar-refractivity contribution in [1.29, 1.82) is 5.41 Å². The Morgan fingerprint density at radius 3 is 2.53 bits per heavy atom. The molecule has 0 unspecified atom stereocenters. The second kappa shape index (κ2) is 5.95. The molecule has 2 heterocycles. The number of rotatable bonds is 5. The highest BCUT2D eigenvalue weighted by molar-refractivity contribution is 5.93. The molecule has 0 aliphatic heterocycles. The van der Waals surface area contributed by atoms with Crippen molar-refractivity contribution in [3.05, 3.63) is 54.1 Å². The smallest absolute Gasteiger partial charge is 0.141 e. The lowest BCUT2D eigenvalue weighted by molar-refractivity contribution is 0.827. The van der Waals surface area contributed by atoms with Crippen molar-refractivity contribution in [2.45, 2.75) is 13.5 Å².